The topological polar surface area (TPSA) is 25.8 Å². The molecule has 3 aromatic carbocycles. The molecule has 0 aliphatic heterocycles. The Morgan fingerprint density at radius 1 is 0.733 bits per heavy atom. The van der Waals surface area contributed by atoms with Crippen LogP contribution in [0.3, 0.4) is 0 Å². The van der Waals surface area contributed by atoms with Crippen molar-refractivity contribution in [1.82, 2.24) is 9.97 Å². The predicted molar refractivity (Wildman–Crippen MR) is 128 cm³/mol. The summed E-state index contributed by atoms with van der Waals surface area (Å²) in [5.74, 6) is 0.890. The van der Waals surface area contributed by atoms with Crippen LogP contribution < -0.4 is 0 Å². The quantitative estimate of drug-likeness (QED) is 0.311. The Balaban J connectivity index is 1.59. The molecular weight excluding hydrogens is 384 g/mol. The van der Waals surface area contributed by atoms with Crippen LogP contribution in [0.15, 0.2) is 78.9 Å². The van der Waals surface area contributed by atoms with Gasteiger partial charge in [0.25, 0.3) is 0 Å². The van der Waals surface area contributed by atoms with E-state index in [1.807, 2.05) is 17.4 Å². The second-order valence-electron chi connectivity index (χ2n) is 8.79. The molecule has 5 aromatic rings. The second kappa shape index (κ2) is 7.33. The van der Waals surface area contributed by atoms with Crippen molar-refractivity contribution < 1.29 is 0 Å². The van der Waals surface area contributed by atoms with Gasteiger partial charge in [0.2, 0.25) is 0 Å². The Labute approximate surface area is 181 Å². The lowest BCUT2D eigenvalue weighted by atomic mass is 9.94. The maximum Gasteiger partial charge on any atom is 0.134 e. The van der Waals surface area contributed by atoms with E-state index in [0.29, 0.717) is 0 Å². The molecule has 0 aliphatic carbocycles. The zero-order valence-electron chi connectivity index (χ0n) is 17.5. The van der Waals surface area contributed by atoms with Gasteiger partial charge < -0.3 is 0 Å². The third-order valence-electron chi connectivity index (χ3n) is 5.35. The molecule has 0 radical (unpaired) electrons. The predicted octanol–water partition coefficient (Wildman–Crippen LogP) is 7.40. The first-order valence-corrected chi connectivity index (χ1v) is 11.1. The molecule has 0 fully saturated rings. The third-order valence-corrected chi connectivity index (χ3v) is 6.50. The van der Waals surface area contributed by atoms with Crippen molar-refractivity contribution in [2.45, 2.75) is 32.6 Å². The summed E-state index contributed by atoms with van der Waals surface area (Å²) in [5, 5.41) is 2.67. The first kappa shape index (κ1) is 19.0. The van der Waals surface area contributed by atoms with E-state index in [9.17, 15) is 0 Å². The van der Waals surface area contributed by atoms with E-state index in [1.165, 1.54) is 25.7 Å². The fourth-order valence-electron chi connectivity index (χ4n) is 3.77. The normalized spacial score (nSPS) is 12.0. The molecule has 0 saturated carbocycles. The molecule has 2 aromatic heterocycles. The van der Waals surface area contributed by atoms with Gasteiger partial charge in [0, 0.05) is 43.3 Å². The van der Waals surface area contributed by atoms with Gasteiger partial charge in [-0.1, -0.05) is 75.4 Å². The molecule has 0 bridgehead atoms. The number of hydrogen-bond acceptors (Lipinski definition) is 3. The number of fused-ring (bicyclic) bond motifs is 3. The highest BCUT2D eigenvalue weighted by Crippen LogP contribution is 2.34. The molecule has 0 unspecified atom stereocenters. The Morgan fingerprint density at radius 2 is 1.47 bits per heavy atom. The van der Waals surface area contributed by atoms with Gasteiger partial charge in [-0.3, -0.25) is 0 Å². The monoisotopic (exact) mass is 408 g/mol. The Morgan fingerprint density at radius 3 is 2.27 bits per heavy atom. The van der Waals surface area contributed by atoms with E-state index >= 15 is 0 Å². The van der Waals surface area contributed by atoms with Crippen LogP contribution in [0.5, 0.6) is 0 Å². The van der Waals surface area contributed by atoms with Crippen LogP contribution in [0.1, 0.15) is 37.9 Å². The molecule has 3 heteroatoms. The number of thiophene rings is 1. The molecule has 0 saturated heterocycles. The Bertz CT molecular complexity index is 1340. The molecular formula is C27H24N2S. The van der Waals surface area contributed by atoms with Gasteiger partial charge >= 0.3 is 0 Å². The van der Waals surface area contributed by atoms with Crippen molar-refractivity contribution in [3.05, 3.63) is 95.9 Å². The molecule has 0 N–H and O–H groups in total. The fourth-order valence-corrected chi connectivity index (χ4v) is 4.86. The molecule has 2 nitrogen and oxygen atoms in total. The van der Waals surface area contributed by atoms with Gasteiger partial charge in [-0.05, 0) is 29.8 Å². The van der Waals surface area contributed by atoms with E-state index in [1.54, 1.807) is 0 Å². The molecule has 2 heterocycles. The van der Waals surface area contributed by atoms with Gasteiger partial charge in [0.15, 0.2) is 0 Å². The number of hydrogen-bond donors (Lipinski definition) is 0. The van der Waals surface area contributed by atoms with Gasteiger partial charge in [-0.15, -0.1) is 11.3 Å². The van der Waals surface area contributed by atoms with E-state index in [0.717, 1.165) is 29.2 Å². The highest BCUT2D eigenvalue weighted by Gasteiger charge is 2.20. The molecule has 0 spiro atoms. The number of nitrogens with zero attached hydrogens (tertiary/aromatic N) is 2. The Kier molecular flexibility index (Phi) is 4.63. The number of benzene rings is 3. The molecule has 148 valence electrons. The van der Waals surface area contributed by atoms with Crippen LogP contribution in [-0.4, -0.2) is 9.97 Å². The van der Waals surface area contributed by atoms with Gasteiger partial charge in [-0.25, -0.2) is 9.97 Å². The lowest BCUT2D eigenvalue weighted by molar-refractivity contribution is 0.543. The minimum absolute atomic E-state index is 0.104. The average molecular weight is 409 g/mol. The summed E-state index contributed by atoms with van der Waals surface area (Å²) in [6, 6.07) is 28.0. The van der Waals surface area contributed by atoms with E-state index in [4.69, 9.17) is 9.97 Å². The molecule has 30 heavy (non-hydrogen) atoms. The minimum Gasteiger partial charge on any atom is -0.237 e. The van der Waals surface area contributed by atoms with Crippen LogP contribution in [0.25, 0.3) is 31.4 Å². The number of aromatic nitrogens is 2. The standard InChI is InChI=1S/C27H24N2S/c1-27(2,3)26-28-20(17-23(29-26)19-9-5-4-6-10-19)15-18-13-14-25-22(16-18)21-11-7-8-12-24(21)30-25/h4-14,16-17H,15H2,1-3H3. The second-order valence-corrected chi connectivity index (χ2v) is 9.87. The van der Waals surface area contributed by atoms with Crippen molar-refractivity contribution in [3.8, 4) is 11.3 Å². The minimum atomic E-state index is -0.104. The largest absolute Gasteiger partial charge is 0.237 e. The van der Waals surface area contributed by atoms with Gasteiger partial charge in [0.05, 0.1) is 5.69 Å². The summed E-state index contributed by atoms with van der Waals surface area (Å²) in [4.78, 5) is 9.84. The third kappa shape index (κ3) is 3.61. The maximum atomic E-state index is 4.95. The highest BCUT2D eigenvalue weighted by molar-refractivity contribution is 7.25. The van der Waals surface area contributed by atoms with Crippen molar-refractivity contribution in [3.63, 3.8) is 0 Å². The molecule has 0 aliphatic rings. The van der Waals surface area contributed by atoms with Crippen LogP contribution in [0, 0.1) is 0 Å². The molecule has 0 atom stereocenters. The maximum absolute atomic E-state index is 4.95. The first-order valence-electron chi connectivity index (χ1n) is 10.3. The Hall–Kier alpha value is -3.04. The van der Waals surface area contributed by atoms with Crippen LogP contribution in [0.2, 0.25) is 0 Å². The van der Waals surface area contributed by atoms with Crippen LogP contribution in [-0.2, 0) is 11.8 Å². The van der Waals surface area contributed by atoms with Crippen LogP contribution >= 0.6 is 11.3 Å². The lowest BCUT2D eigenvalue weighted by Gasteiger charge is -2.19. The summed E-state index contributed by atoms with van der Waals surface area (Å²) in [5.41, 5.74) is 4.36. The van der Waals surface area contributed by atoms with E-state index in [2.05, 4.69) is 93.6 Å². The fraction of sp³-hybridized carbons (Fsp3) is 0.185. The van der Waals surface area contributed by atoms with Gasteiger partial charge in [-0.2, -0.15) is 0 Å². The lowest BCUT2D eigenvalue weighted by Crippen LogP contribution is -2.17. The zero-order chi connectivity index (χ0) is 20.7. The first-order chi connectivity index (χ1) is 14.5. The van der Waals surface area contributed by atoms with E-state index < -0.39 is 0 Å². The zero-order valence-corrected chi connectivity index (χ0v) is 18.3. The molecule has 0 amide bonds. The smallest absolute Gasteiger partial charge is 0.134 e. The molecule has 5 rings (SSSR count). The van der Waals surface area contributed by atoms with Crippen molar-refractivity contribution in [1.29, 1.82) is 0 Å². The SMILES string of the molecule is CC(C)(C)c1nc(Cc2ccc3sc4ccccc4c3c2)cc(-c2ccccc2)n1. The van der Waals surface area contributed by atoms with Crippen molar-refractivity contribution in [2.75, 3.05) is 0 Å². The van der Waals surface area contributed by atoms with Crippen molar-refractivity contribution >= 4 is 31.5 Å². The average Bonchev–Trinajstić information content (AvgIpc) is 3.12. The van der Waals surface area contributed by atoms with Gasteiger partial charge in [0.1, 0.15) is 5.82 Å². The summed E-state index contributed by atoms with van der Waals surface area (Å²) < 4.78 is 2.68. The highest BCUT2D eigenvalue weighted by atomic mass is 32.1. The van der Waals surface area contributed by atoms with E-state index in [-0.39, 0.29) is 5.41 Å². The number of rotatable bonds is 3. The summed E-state index contributed by atoms with van der Waals surface area (Å²) in [7, 11) is 0. The van der Waals surface area contributed by atoms with Crippen molar-refractivity contribution in [2.24, 2.45) is 0 Å². The summed E-state index contributed by atoms with van der Waals surface area (Å²) in [6.07, 6.45) is 0.797. The summed E-state index contributed by atoms with van der Waals surface area (Å²) >= 11 is 1.86. The van der Waals surface area contributed by atoms with Crippen LogP contribution in [0.4, 0.5) is 0 Å². The summed E-state index contributed by atoms with van der Waals surface area (Å²) in [6.45, 7) is 6.51.